The van der Waals surface area contributed by atoms with Crippen LogP contribution in [0.5, 0.6) is 0 Å². The lowest BCUT2D eigenvalue weighted by atomic mass is 10.2. The maximum Gasteiger partial charge on any atom is 0.434 e. The van der Waals surface area contributed by atoms with Gasteiger partial charge >= 0.3 is 6.18 Å². The second-order valence-corrected chi connectivity index (χ2v) is 6.03. The van der Waals surface area contributed by atoms with Crippen LogP contribution in [-0.4, -0.2) is 24.0 Å². The maximum atomic E-state index is 13.6. The van der Waals surface area contributed by atoms with E-state index in [0.717, 1.165) is 16.7 Å². The summed E-state index contributed by atoms with van der Waals surface area (Å²) < 4.78 is 51.1. The van der Waals surface area contributed by atoms with Crippen molar-refractivity contribution >= 4 is 17.3 Å². The minimum atomic E-state index is -4.42. The SMILES string of the molecule is CCNC(=NCc1ccccc1F)NCCc1nc(C(F)(F)F)cs1. The van der Waals surface area contributed by atoms with E-state index in [4.69, 9.17) is 0 Å². The number of aliphatic imine (C=N–C) groups is 1. The smallest absolute Gasteiger partial charge is 0.357 e. The molecule has 0 bridgehead atoms. The van der Waals surface area contributed by atoms with Crippen molar-refractivity contribution in [2.75, 3.05) is 13.1 Å². The zero-order chi connectivity index (χ0) is 18.3. The molecule has 4 nitrogen and oxygen atoms in total. The number of aromatic nitrogens is 1. The Kier molecular flexibility index (Phi) is 6.74. The highest BCUT2D eigenvalue weighted by Gasteiger charge is 2.33. The highest BCUT2D eigenvalue weighted by atomic mass is 32.1. The summed E-state index contributed by atoms with van der Waals surface area (Å²) in [6, 6.07) is 6.35. The Labute approximate surface area is 147 Å². The Morgan fingerprint density at radius 1 is 1.24 bits per heavy atom. The summed E-state index contributed by atoms with van der Waals surface area (Å²) in [6.45, 7) is 3.03. The van der Waals surface area contributed by atoms with E-state index in [-0.39, 0.29) is 12.4 Å². The summed E-state index contributed by atoms with van der Waals surface area (Å²) in [6.07, 6.45) is -4.08. The van der Waals surface area contributed by atoms with Gasteiger partial charge in [0, 0.05) is 30.5 Å². The van der Waals surface area contributed by atoms with Gasteiger partial charge in [0.25, 0.3) is 0 Å². The van der Waals surface area contributed by atoms with Gasteiger partial charge in [-0.25, -0.2) is 14.4 Å². The largest absolute Gasteiger partial charge is 0.434 e. The minimum absolute atomic E-state index is 0.164. The monoisotopic (exact) mass is 374 g/mol. The van der Waals surface area contributed by atoms with Crippen LogP contribution in [0.3, 0.4) is 0 Å². The quantitative estimate of drug-likeness (QED) is 0.461. The summed E-state index contributed by atoms with van der Waals surface area (Å²) in [5.41, 5.74) is -0.401. The normalized spacial score (nSPS) is 12.3. The molecule has 0 fully saturated rings. The number of alkyl halides is 3. The molecule has 0 aliphatic heterocycles. The Morgan fingerprint density at radius 2 is 2.00 bits per heavy atom. The third-order valence-corrected chi connectivity index (χ3v) is 4.09. The van der Waals surface area contributed by atoms with Crippen LogP contribution >= 0.6 is 11.3 Å². The van der Waals surface area contributed by atoms with Gasteiger partial charge in [-0.05, 0) is 13.0 Å². The van der Waals surface area contributed by atoms with E-state index in [9.17, 15) is 17.6 Å². The molecular formula is C16H18F4N4S. The van der Waals surface area contributed by atoms with E-state index in [1.54, 1.807) is 18.2 Å². The van der Waals surface area contributed by atoms with Gasteiger partial charge < -0.3 is 10.6 Å². The molecule has 25 heavy (non-hydrogen) atoms. The summed E-state index contributed by atoms with van der Waals surface area (Å²) in [5, 5.41) is 7.42. The first-order valence-corrected chi connectivity index (χ1v) is 8.55. The van der Waals surface area contributed by atoms with Crippen LogP contribution in [0, 0.1) is 5.82 Å². The zero-order valence-corrected chi connectivity index (χ0v) is 14.3. The van der Waals surface area contributed by atoms with Crippen LogP contribution in [0.2, 0.25) is 0 Å². The molecule has 2 aromatic rings. The van der Waals surface area contributed by atoms with Crippen molar-refractivity contribution in [2.45, 2.75) is 26.1 Å². The molecule has 0 amide bonds. The van der Waals surface area contributed by atoms with Gasteiger partial charge in [0.15, 0.2) is 11.7 Å². The number of halogens is 4. The van der Waals surface area contributed by atoms with Gasteiger partial charge in [-0.1, -0.05) is 18.2 Å². The van der Waals surface area contributed by atoms with Crippen LogP contribution < -0.4 is 10.6 Å². The number of nitrogens with one attached hydrogen (secondary N) is 2. The van der Waals surface area contributed by atoms with Crippen LogP contribution in [0.1, 0.15) is 23.2 Å². The third-order valence-electron chi connectivity index (χ3n) is 3.18. The molecule has 1 heterocycles. The highest BCUT2D eigenvalue weighted by molar-refractivity contribution is 7.09. The van der Waals surface area contributed by atoms with Crippen LogP contribution in [0.4, 0.5) is 17.6 Å². The van der Waals surface area contributed by atoms with Crippen molar-refractivity contribution in [1.82, 2.24) is 15.6 Å². The average Bonchev–Trinajstić information content (AvgIpc) is 3.03. The summed E-state index contributed by atoms with van der Waals surface area (Å²) in [4.78, 5) is 7.85. The van der Waals surface area contributed by atoms with Crippen LogP contribution in [-0.2, 0) is 19.1 Å². The molecule has 0 radical (unpaired) electrons. The number of benzene rings is 1. The van der Waals surface area contributed by atoms with E-state index < -0.39 is 11.9 Å². The molecule has 136 valence electrons. The van der Waals surface area contributed by atoms with Gasteiger partial charge in [-0.2, -0.15) is 13.2 Å². The van der Waals surface area contributed by atoms with Gasteiger partial charge in [-0.15, -0.1) is 11.3 Å². The van der Waals surface area contributed by atoms with Gasteiger partial charge in [-0.3, -0.25) is 0 Å². The number of thiazole rings is 1. The van der Waals surface area contributed by atoms with Crippen LogP contribution in [0.25, 0.3) is 0 Å². The summed E-state index contributed by atoms with van der Waals surface area (Å²) >= 11 is 0.973. The van der Waals surface area contributed by atoms with Crippen molar-refractivity contribution in [3.05, 3.63) is 51.7 Å². The molecule has 1 aromatic carbocycles. The molecule has 0 atom stereocenters. The summed E-state index contributed by atoms with van der Waals surface area (Å²) in [5.74, 6) is 0.142. The predicted molar refractivity (Wildman–Crippen MR) is 90.0 cm³/mol. The average molecular weight is 374 g/mol. The van der Waals surface area contributed by atoms with Gasteiger partial charge in [0.2, 0.25) is 0 Å². The third kappa shape index (κ3) is 6.00. The molecule has 0 spiro atoms. The van der Waals surface area contributed by atoms with Gasteiger partial charge in [0.05, 0.1) is 11.6 Å². The van der Waals surface area contributed by atoms with E-state index >= 15 is 0 Å². The lowest BCUT2D eigenvalue weighted by Crippen LogP contribution is -2.38. The fraction of sp³-hybridized carbons (Fsp3) is 0.375. The zero-order valence-electron chi connectivity index (χ0n) is 13.5. The Hall–Kier alpha value is -2.16. The highest BCUT2D eigenvalue weighted by Crippen LogP contribution is 2.29. The van der Waals surface area contributed by atoms with E-state index in [0.29, 0.717) is 36.0 Å². The minimum Gasteiger partial charge on any atom is -0.357 e. The molecule has 1 aromatic heterocycles. The molecular weight excluding hydrogens is 356 g/mol. The van der Waals surface area contributed by atoms with Crippen molar-refractivity contribution in [3.8, 4) is 0 Å². The molecule has 0 aliphatic rings. The molecule has 2 N–H and O–H groups in total. The molecule has 0 saturated heterocycles. The first-order chi connectivity index (χ1) is 11.9. The number of hydrogen-bond acceptors (Lipinski definition) is 3. The first-order valence-electron chi connectivity index (χ1n) is 7.67. The van der Waals surface area contributed by atoms with E-state index in [1.807, 2.05) is 6.92 Å². The Balaban J connectivity index is 1.90. The molecule has 0 saturated carbocycles. The molecule has 2 rings (SSSR count). The predicted octanol–water partition coefficient (Wildman–Crippen LogP) is 3.60. The fourth-order valence-electron chi connectivity index (χ4n) is 1.98. The first kappa shape index (κ1) is 19.2. The van der Waals surface area contributed by atoms with E-state index in [1.165, 1.54) is 6.07 Å². The maximum absolute atomic E-state index is 13.6. The Bertz CT molecular complexity index is 712. The van der Waals surface area contributed by atoms with Gasteiger partial charge in [0.1, 0.15) is 5.82 Å². The number of nitrogens with zero attached hydrogens (tertiary/aromatic N) is 2. The summed E-state index contributed by atoms with van der Waals surface area (Å²) in [7, 11) is 0. The topological polar surface area (TPSA) is 49.3 Å². The number of guanidine groups is 1. The molecule has 0 aliphatic carbocycles. The standard InChI is InChI=1S/C16H18F4N4S/c1-2-21-15(23-9-11-5-3-4-6-12(11)17)22-8-7-14-24-13(10-25-14)16(18,19)20/h3-6,10H,2,7-9H2,1H3,(H2,21,22,23). The lowest BCUT2D eigenvalue weighted by Gasteiger charge is -2.10. The second-order valence-electron chi connectivity index (χ2n) is 5.09. The van der Waals surface area contributed by atoms with Crippen molar-refractivity contribution in [2.24, 2.45) is 4.99 Å². The number of rotatable bonds is 6. The lowest BCUT2D eigenvalue weighted by molar-refractivity contribution is -0.140. The fourth-order valence-corrected chi connectivity index (χ4v) is 2.78. The van der Waals surface area contributed by atoms with Crippen LogP contribution in [0.15, 0.2) is 34.6 Å². The molecule has 9 heteroatoms. The van der Waals surface area contributed by atoms with Crippen molar-refractivity contribution in [3.63, 3.8) is 0 Å². The van der Waals surface area contributed by atoms with Crippen molar-refractivity contribution < 1.29 is 17.6 Å². The van der Waals surface area contributed by atoms with E-state index in [2.05, 4.69) is 20.6 Å². The Morgan fingerprint density at radius 3 is 2.64 bits per heavy atom. The van der Waals surface area contributed by atoms with Crippen molar-refractivity contribution in [1.29, 1.82) is 0 Å². The number of hydrogen-bond donors (Lipinski definition) is 2. The molecule has 0 unspecified atom stereocenters. The second kappa shape index (κ2) is 8.80.